The molecule has 1 aliphatic rings. The molecule has 19 heavy (non-hydrogen) atoms. The number of rotatable bonds is 5. The van der Waals surface area contributed by atoms with Crippen LogP contribution in [-0.4, -0.2) is 42.0 Å². The normalized spacial score (nSPS) is 22.8. The molecule has 2 rings (SSSR count). The molecule has 2 unspecified atom stereocenters. The van der Waals surface area contributed by atoms with Gasteiger partial charge in [-0.2, -0.15) is 0 Å². The highest BCUT2D eigenvalue weighted by atomic mass is 32.1. The van der Waals surface area contributed by atoms with E-state index in [1.54, 1.807) is 18.6 Å². The van der Waals surface area contributed by atoms with E-state index in [2.05, 4.69) is 10.1 Å². The molecule has 2 heterocycles. The van der Waals surface area contributed by atoms with Crippen molar-refractivity contribution in [3.63, 3.8) is 0 Å². The summed E-state index contributed by atoms with van der Waals surface area (Å²) >= 11 is 1.17. The quantitative estimate of drug-likeness (QED) is 0.475. The van der Waals surface area contributed by atoms with Gasteiger partial charge in [0.05, 0.1) is 0 Å². The van der Waals surface area contributed by atoms with E-state index >= 15 is 0 Å². The predicted molar refractivity (Wildman–Crippen MR) is 65.5 cm³/mol. The average Bonchev–Trinajstić information content (AvgIpc) is 2.91. The summed E-state index contributed by atoms with van der Waals surface area (Å²) in [4.78, 5) is 30.4. The summed E-state index contributed by atoms with van der Waals surface area (Å²) in [6.07, 6.45) is -0.143. The molecule has 1 saturated heterocycles. The fraction of sp³-hybridized carbons (Fsp3) is 0.400. The second-order valence-electron chi connectivity index (χ2n) is 3.64. The zero-order valence-electron chi connectivity index (χ0n) is 9.86. The fourth-order valence-electron chi connectivity index (χ4n) is 1.33. The Kier molecular flexibility index (Phi) is 3.95. The zero-order chi connectivity index (χ0) is 13.8. The second kappa shape index (κ2) is 5.65. The lowest BCUT2D eigenvalue weighted by molar-refractivity contribution is 0.0376. The van der Waals surface area contributed by atoms with Gasteiger partial charge < -0.3 is 20.0 Å². The van der Waals surface area contributed by atoms with Gasteiger partial charge in [0.1, 0.15) is 11.8 Å². The molecule has 2 N–H and O–H groups in total. The van der Waals surface area contributed by atoms with E-state index in [1.807, 2.05) is 0 Å². The van der Waals surface area contributed by atoms with Crippen molar-refractivity contribution < 1.29 is 23.9 Å². The van der Waals surface area contributed by atoms with Crippen LogP contribution in [0.2, 0.25) is 0 Å². The van der Waals surface area contributed by atoms with Crippen molar-refractivity contribution in [2.75, 3.05) is 12.3 Å². The van der Waals surface area contributed by atoms with Gasteiger partial charge in [-0.25, -0.2) is 9.78 Å². The minimum atomic E-state index is -0.750. The van der Waals surface area contributed by atoms with Gasteiger partial charge in [-0.05, 0) is 6.92 Å². The van der Waals surface area contributed by atoms with E-state index in [1.165, 1.54) is 11.3 Å². The zero-order valence-corrected chi connectivity index (χ0v) is 10.7. The number of anilines is 1. The van der Waals surface area contributed by atoms with Crippen molar-refractivity contribution in [3.05, 3.63) is 11.1 Å². The maximum Gasteiger partial charge on any atom is 0.509 e. The van der Waals surface area contributed by atoms with E-state index in [0.717, 1.165) is 0 Å². The Morgan fingerprint density at radius 3 is 3.00 bits per heavy atom. The number of oxime groups is 1. The highest BCUT2D eigenvalue weighted by Crippen LogP contribution is 2.15. The highest BCUT2D eigenvalue weighted by Gasteiger charge is 2.33. The number of aromatic nitrogens is 1. The number of hydrogen-bond donors (Lipinski definition) is 1. The summed E-state index contributed by atoms with van der Waals surface area (Å²) in [5, 5.41) is 5.45. The summed E-state index contributed by atoms with van der Waals surface area (Å²) in [7, 11) is 0. The third-order valence-corrected chi connectivity index (χ3v) is 2.98. The molecule has 1 aliphatic heterocycles. The third kappa shape index (κ3) is 3.19. The largest absolute Gasteiger partial charge is 0.509 e. The lowest BCUT2D eigenvalue weighted by Gasteiger charge is -2.08. The molecular formula is C10H10N3O5S. The maximum atomic E-state index is 10.8. The number of nitrogen functional groups attached to an aromatic ring is 1. The highest BCUT2D eigenvalue weighted by molar-refractivity contribution is 7.13. The van der Waals surface area contributed by atoms with Gasteiger partial charge >= 0.3 is 6.16 Å². The Balaban J connectivity index is 1.93. The van der Waals surface area contributed by atoms with Crippen LogP contribution in [0, 0.1) is 0 Å². The number of ether oxygens (including phenoxy) is 2. The van der Waals surface area contributed by atoms with Gasteiger partial charge in [0.2, 0.25) is 0 Å². The van der Waals surface area contributed by atoms with E-state index < -0.39 is 18.4 Å². The second-order valence-corrected chi connectivity index (χ2v) is 4.53. The topological polar surface area (TPSA) is 113 Å². The molecule has 101 valence electrons. The number of hydrogen-bond acceptors (Lipinski definition) is 9. The van der Waals surface area contributed by atoms with Crippen molar-refractivity contribution in [3.8, 4) is 0 Å². The van der Waals surface area contributed by atoms with Crippen LogP contribution >= 0.6 is 11.3 Å². The first kappa shape index (κ1) is 13.3. The Morgan fingerprint density at radius 1 is 1.68 bits per heavy atom. The first-order valence-corrected chi connectivity index (χ1v) is 6.15. The minimum absolute atomic E-state index is 0.0301. The number of cyclic esters (lactones) is 2. The molecule has 2 atom stereocenters. The van der Waals surface area contributed by atoms with Gasteiger partial charge in [0.15, 0.2) is 23.6 Å². The first-order chi connectivity index (χ1) is 9.10. The van der Waals surface area contributed by atoms with Crippen LogP contribution in [0.3, 0.4) is 0 Å². The maximum absolute atomic E-state index is 10.8. The minimum Gasteiger partial charge on any atom is -0.427 e. The summed E-state index contributed by atoms with van der Waals surface area (Å²) in [6, 6.07) is 0. The number of nitrogens with zero attached hydrogens (tertiary/aromatic N) is 2. The molecule has 0 spiro atoms. The van der Waals surface area contributed by atoms with Crippen molar-refractivity contribution in [1.82, 2.24) is 4.98 Å². The molecule has 0 amide bonds. The lowest BCUT2D eigenvalue weighted by atomic mass is 10.2. The molecular weight excluding hydrogens is 274 g/mol. The van der Waals surface area contributed by atoms with E-state index in [4.69, 9.17) is 20.0 Å². The SMILES string of the molecule is CC1OC(=O)OC1CON=C([C]=O)c1csc(N)n1. The summed E-state index contributed by atoms with van der Waals surface area (Å²) in [6.45, 7) is 1.63. The predicted octanol–water partition coefficient (Wildman–Crippen LogP) is 0.480. The molecule has 0 saturated carbocycles. The molecule has 1 aromatic heterocycles. The van der Waals surface area contributed by atoms with Crippen LogP contribution in [0.1, 0.15) is 12.6 Å². The van der Waals surface area contributed by atoms with Crippen LogP contribution < -0.4 is 5.73 Å². The summed E-state index contributed by atoms with van der Waals surface area (Å²) in [5.41, 5.74) is 5.62. The first-order valence-electron chi connectivity index (χ1n) is 5.27. The molecule has 8 nitrogen and oxygen atoms in total. The number of thiazole rings is 1. The van der Waals surface area contributed by atoms with Crippen LogP contribution in [0.4, 0.5) is 9.93 Å². The molecule has 0 bridgehead atoms. The smallest absolute Gasteiger partial charge is 0.427 e. The molecule has 1 fully saturated rings. The Bertz CT molecular complexity index is 515. The van der Waals surface area contributed by atoms with E-state index in [-0.39, 0.29) is 18.0 Å². The third-order valence-electron chi connectivity index (χ3n) is 2.31. The fourth-order valence-corrected chi connectivity index (χ4v) is 1.88. The number of carbonyl (C=O) groups excluding carboxylic acids is 2. The summed E-state index contributed by atoms with van der Waals surface area (Å²) < 4.78 is 9.56. The number of nitrogens with two attached hydrogens (primary N) is 1. The van der Waals surface area contributed by atoms with E-state index in [9.17, 15) is 9.59 Å². The van der Waals surface area contributed by atoms with Gasteiger partial charge in [-0.15, -0.1) is 11.3 Å². The van der Waals surface area contributed by atoms with Crippen LogP contribution in [0.5, 0.6) is 0 Å². The summed E-state index contributed by atoms with van der Waals surface area (Å²) in [5.74, 6) is 0. The van der Waals surface area contributed by atoms with Gasteiger partial charge in [0, 0.05) is 5.38 Å². The lowest BCUT2D eigenvalue weighted by Crippen LogP contribution is -2.24. The van der Waals surface area contributed by atoms with Gasteiger partial charge in [-0.3, -0.25) is 4.79 Å². The Labute approximate surface area is 112 Å². The standard InChI is InChI=1S/C10H10N3O5S/c1-5-8(18-10(15)17-5)3-16-13-6(2-14)7-4-19-9(11)12-7/h4-5,8H,3H2,1H3,(H2,11,12). The van der Waals surface area contributed by atoms with Crippen molar-refractivity contribution >= 4 is 34.6 Å². The Hall–Kier alpha value is -2.16. The van der Waals surface area contributed by atoms with Crippen LogP contribution in [0.25, 0.3) is 0 Å². The van der Waals surface area contributed by atoms with E-state index in [0.29, 0.717) is 5.13 Å². The Morgan fingerprint density at radius 2 is 2.47 bits per heavy atom. The van der Waals surface area contributed by atoms with Crippen LogP contribution in [-0.2, 0) is 19.1 Å². The van der Waals surface area contributed by atoms with Crippen molar-refractivity contribution in [2.45, 2.75) is 19.1 Å². The molecule has 1 aromatic rings. The molecule has 0 aromatic carbocycles. The van der Waals surface area contributed by atoms with Crippen molar-refractivity contribution in [2.24, 2.45) is 5.16 Å². The van der Waals surface area contributed by atoms with Gasteiger partial charge in [0.25, 0.3) is 6.29 Å². The monoisotopic (exact) mass is 284 g/mol. The van der Waals surface area contributed by atoms with Crippen LogP contribution in [0.15, 0.2) is 10.5 Å². The molecule has 9 heteroatoms. The molecule has 1 radical (unpaired) electrons. The van der Waals surface area contributed by atoms with Gasteiger partial charge in [-0.1, -0.05) is 5.16 Å². The number of carbonyl (C=O) groups is 1. The molecule has 0 aliphatic carbocycles. The average molecular weight is 284 g/mol. The van der Waals surface area contributed by atoms with Crippen molar-refractivity contribution in [1.29, 1.82) is 0 Å².